The highest BCUT2D eigenvalue weighted by Gasteiger charge is 2.23. The number of hydrogen-bond acceptors (Lipinski definition) is 5. The molecule has 0 saturated heterocycles. The van der Waals surface area contributed by atoms with Crippen LogP contribution in [0.4, 0.5) is 0 Å². The molecule has 204 valence electrons. The zero-order chi connectivity index (χ0) is 27.1. The van der Waals surface area contributed by atoms with E-state index in [9.17, 15) is 16.8 Å². The summed E-state index contributed by atoms with van der Waals surface area (Å²) in [4.78, 5) is 0. The molecule has 1 aliphatic rings. The second kappa shape index (κ2) is 13.0. The SMILES string of the molecule is COc1ccc(CS(=O)(=O)NCCc2ccc(C3=CCC(C(C)CNS(=O)(=O)C(C)C)CC3)cc2)cc1. The standard InChI is InChI=1S/C28H40N2O5S2/c1-21(2)37(33,34)30-19-22(3)25-11-13-27(14-12-25)26-9-5-23(6-10-26)17-18-29-36(31,32)20-24-7-15-28(35-4)16-8-24/h5-10,13,15-16,21-22,25,29-30H,11-12,14,17-20H2,1-4H3. The Hall–Kier alpha value is -2.20. The van der Waals surface area contributed by atoms with Crippen molar-refractivity contribution in [3.8, 4) is 5.75 Å². The van der Waals surface area contributed by atoms with Gasteiger partial charge in [-0.15, -0.1) is 0 Å². The average molecular weight is 549 g/mol. The normalized spacial score (nSPS) is 17.4. The molecule has 0 aromatic heterocycles. The molecule has 9 heteroatoms. The Morgan fingerprint density at radius 1 is 0.919 bits per heavy atom. The van der Waals surface area contributed by atoms with Crippen molar-refractivity contribution in [1.29, 1.82) is 0 Å². The summed E-state index contributed by atoms with van der Waals surface area (Å²) in [5.74, 6) is 1.38. The summed E-state index contributed by atoms with van der Waals surface area (Å²) in [6, 6.07) is 15.4. The van der Waals surface area contributed by atoms with Gasteiger partial charge in [0, 0.05) is 13.1 Å². The number of hydrogen-bond donors (Lipinski definition) is 2. The molecule has 2 N–H and O–H groups in total. The molecule has 2 aromatic rings. The summed E-state index contributed by atoms with van der Waals surface area (Å²) in [5, 5.41) is -0.417. The predicted molar refractivity (Wildman–Crippen MR) is 150 cm³/mol. The van der Waals surface area contributed by atoms with E-state index in [1.165, 1.54) is 11.1 Å². The van der Waals surface area contributed by atoms with Crippen LogP contribution in [0.5, 0.6) is 5.75 Å². The average Bonchev–Trinajstić information content (AvgIpc) is 2.88. The first-order valence-corrected chi connectivity index (χ1v) is 16.1. The largest absolute Gasteiger partial charge is 0.497 e. The Balaban J connectivity index is 1.46. The van der Waals surface area contributed by atoms with Gasteiger partial charge >= 0.3 is 0 Å². The van der Waals surface area contributed by atoms with Gasteiger partial charge in [0.25, 0.3) is 0 Å². The lowest BCUT2D eigenvalue weighted by Crippen LogP contribution is -2.36. The van der Waals surface area contributed by atoms with Crippen molar-refractivity contribution < 1.29 is 21.6 Å². The van der Waals surface area contributed by atoms with E-state index >= 15 is 0 Å². The van der Waals surface area contributed by atoms with Gasteiger partial charge in [0.1, 0.15) is 5.75 Å². The number of ether oxygens (including phenoxy) is 1. The van der Waals surface area contributed by atoms with Crippen LogP contribution < -0.4 is 14.2 Å². The van der Waals surface area contributed by atoms with E-state index in [4.69, 9.17) is 4.74 Å². The summed E-state index contributed by atoms with van der Waals surface area (Å²) < 4.78 is 59.4. The topological polar surface area (TPSA) is 102 Å². The molecule has 1 aliphatic carbocycles. The highest BCUT2D eigenvalue weighted by atomic mass is 32.2. The predicted octanol–water partition coefficient (Wildman–Crippen LogP) is 4.50. The van der Waals surface area contributed by atoms with Crippen LogP contribution in [0.25, 0.3) is 5.57 Å². The summed E-state index contributed by atoms with van der Waals surface area (Å²) in [6.07, 6.45) is 5.85. The van der Waals surface area contributed by atoms with Gasteiger partial charge in [0.15, 0.2) is 0 Å². The molecule has 0 bridgehead atoms. The molecule has 3 rings (SSSR count). The molecule has 37 heavy (non-hydrogen) atoms. The molecule has 2 atom stereocenters. The van der Waals surface area contributed by atoms with E-state index in [1.54, 1.807) is 45.2 Å². The molecular weight excluding hydrogens is 508 g/mol. The maximum atomic E-state index is 12.4. The van der Waals surface area contributed by atoms with Gasteiger partial charge in [-0.3, -0.25) is 0 Å². The van der Waals surface area contributed by atoms with Gasteiger partial charge in [-0.05, 0) is 85.8 Å². The number of benzene rings is 2. The van der Waals surface area contributed by atoms with Crippen molar-refractivity contribution in [1.82, 2.24) is 9.44 Å². The fourth-order valence-corrected chi connectivity index (χ4v) is 6.42. The van der Waals surface area contributed by atoms with E-state index < -0.39 is 25.3 Å². The van der Waals surface area contributed by atoms with Gasteiger partial charge < -0.3 is 4.74 Å². The van der Waals surface area contributed by atoms with Crippen LogP contribution in [0.2, 0.25) is 0 Å². The van der Waals surface area contributed by atoms with E-state index in [1.807, 2.05) is 0 Å². The van der Waals surface area contributed by atoms with Crippen LogP contribution in [0.15, 0.2) is 54.6 Å². The van der Waals surface area contributed by atoms with Crippen LogP contribution in [-0.2, 0) is 32.2 Å². The fraction of sp³-hybridized carbons (Fsp3) is 0.500. The zero-order valence-electron chi connectivity index (χ0n) is 22.2. The molecule has 2 aromatic carbocycles. The van der Waals surface area contributed by atoms with Gasteiger partial charge in [-0.1, -0.05) is 49.4 Å². The molecular formula is C28H40N2O5S2. The zero-order valence-corrected chi connectivity index (χ0v) is 23.9. The summed E-state index contributed by atoms with van der Waals surface area (Å²) in [5.41, 5.74) is 4.30. The van der Waals surface area contributed by atoms with Crippen molar-refractivity contribution in [2.75, 3.05) is 20.2 Å². The third kappa shape index (κ3) is 8.95. The van der Waals surface area contributed by atoms with Gasteiger partial charge in [-0.25, -0.2) is 26.3 Å². The first-order valence-electron chi connectivity index (χ1n) is 12.9. The highest BCUT2D eigenvalue weighted by Crippen LogP contribution is 2.34. The Labute approximate surface area is 222 Å². The number of methoxy groups -OCH3 is 1. The Morgan fingerprint density at radius 3 is 2.14 bits per heavy atom. The van der Waals surface area contributed by atoms with Crippen LogP contribution in [0.3, 0.4) is 0 Å². The monoisotopic (exact) mass is 548 g/mol. The summed E-state index contributed by atoms with van der Waals surface area (Å²) in [6.45, 7) is 6.33. The van der Waals surface area contributed by atoms with Gasteiger partial charge in [-0.2, -0.15) is 0 Å². The fourth-order valence-electron chi connectivity index (χ4n) is 4.44. The maximum absolute atomic E-state index is 12.4. The lowest BCUT2D eigenvalue weighted by molar-refractivity contribution is 0.334. The van der Waals surface area contributed by atoms with E-state index in [-0.39, 0.29) is 11.7 Å². The van der Waals surface area contributed by atoms with E-state index in [0.29, 0.717) is 36.7 Å². The number of allylic oxidation sites excluding steroid dienone is 2. The van der Waals surface area contributed by atoms with Crippen molar-refractivity contribution >= 4 is 25.6 Å². The van der Waals surface area contributed by atoms with Crippen LogP contribution >= 0.6 is 0 Å². The molecule has 0 amide bonds. The first-order chi connectivity index (χ1) is 17.5. The molecule has 0 aliphatic heterocycles. The van der Waals surface area contributed by atoms with Crippen LogP contribution in [0.1, 0.15) is 56.7 Å². The second-order valence-electron chi connectivity index (χ2n) is 10.1. The number of nitrogens with one attached hydrogen (secondary N) is 2. The van der Waals surface area contributed by atoms with E-state index in [0.717, 1.165) is 24.8 Å². The van der Waals surface area contributed by atoms with Crippen LogP contribution in [-0.4, -0.2) is 42.3 Å². The third-order valence-electron chi connectivity index (χ3n) is 7.06. The summed E-state index contributed by atoms with van der Waals surface area (Å²) >= 11 is 0. The molecule has 0 radical (unpaired) electrons. The molecule has 0 saturated carbocycles. The number of sulfonamides is 2. The molecule has 7 nitrogen and oxygen atoms in total. The Kier molecular flexibility index (Phi) is 10.3. The quantitative estimate of drug-likeness (QED) is 0.384. The third-order valence-corrected chi connectivity index (χ3v) is 10.2. The molecule has 2 unspecified atom stereocenters. The lowest BCUT2D eigenvalue weighted by atomic mass is 9.80. The minimum absolute atomic E-state index is 0.0622. The molecule has 0 spiro atoms. The van der Waals surface area contributed by atoms with Gasteiger partial charge in [0.2, 0.25) is 20.0 Å². The molecule has 0 heterocycles. The Bertz CT molecular complexity index is 1250. The minimum Gasteiger partial charge on any atom is -0.497 e. The Morgan fingerprint density at radius 2 is 1.57 bits per heavy atom. The number of rotatable bonds is 13. The van der Waals surface area contributed by atoms with E-state index in [2.05, 4.69) is 46.7 Å². The van der Waals surface area contributed by atoms with Crippen molar-refractivity contribution in [2.24, 2.45) is 11.8 Å². The van der Waals surface area contributed by atoms with Crippen molar-refractivity contribution in [2.45, 2.75) is 57.5 Å². The smallest absolute Gasteiger partial charge is 0.215 e. The lowest BCUT2D eigenvalue weighted by Gasteiger charge is -2.28. The first kappa shape index (κ1) is 29.4. The van der Waals surface area contributed by atoms with Crippen molar-refractivity contribution in [3.63, 3.8) is 0 Å². The second-order valence-corrected chi connectivity index (χ2v) is 14.3. The maximum Gasteiger partial charge on any atom is 0.215 e. The molecule has 0 fully saturated rings. The summed E-state index contributed by atoms with van der Waals surface area (Å²) in [7, 11) is -5.07. The van der Waals surface area contributed by atoms with Crippen molar-refractivity contribution in [3.05, 3.63) is 71.3 Å². The highest BCUT2D eigenvalue weighted by molar-refractivity contribution is 7.90. The minimum atomic E-state index is -3.42. The van der Waals surface area contributed by atoms with Crippen LogP contribution in [0, 0.1) is 11.8 Å². The van der Waals surface area contributed by atoms with Gasteiger partial charge in [0.05, 0.1) is 18.1 Å².